The van der Waals surface area contributed by atoms with Crippen molar-refractivity contribution in [1.82, 2.24) is 10.1 Å². The molecule has 6 heterocycles. The first-order valence-electron chi connectivity index (χ1n) is 25.9. The van der Waals surface area contributed by atoms with E-state index in [1.165, 1.54) is 0 Å². The summed E-state index contributed by atoms with van der Waals surface area (Å²) >= 11 is 0. The van der Waals surface area contributed by atoms with Crippen LogP contribution in [-0.4, -0.2) is 133 Å². The van der Waals surface area contributed by atoms with Crippen molar-refractivity contribution >= 4 is 0 Å². The Bertz CT molecular complexity index is 1850. The molecule has 68 heavy (non-hydrogen) atoms. The van der Waals surface area contributed by atoms with Crippen LogP contribution in [0.4, 0.5) is 0 Å². The summed E-state index contributed by atoms with van der Waals surface area (Å²) in [6.07, 6.45) is 8.86. The minimum atomic E-state index is -0.637. The molecule has 6 aliphatic heterocycles. The van der Waals surface area contributed by atoms with Gasteiger partial charge in [-0.1, -0.05) is 52.0 Å². The van der Waals surface area contributed by atoms with Crippen LogP contribution in [0.1, 0.15) is 164 Å². The highest BCUT2D eigenvalue weighted by Gasteiger charge is 2.61. The Labute approximate surface area is 407 Å². The maximum absolute atomic E-state index is 8.95. The van der Waals surface area contributed by atoms with E-state index >= 15 is 0 Å². The highest BCUT2D eigenvalue weighted by atomic mass is 16.8. The fourth-order valence-corrected chi connectivity index (χ4v) is 11.2. The first kappa shape index (κ1) is 53.4. The minimum absolute atomic E-state index is 0.0732. The van der Waals surface area contributed by atoms with Gasteiger partial charge in [0, 0.05) is 50.0 Å². The Morgan fingerprint density at radius 3 is 1.43 bits per heavy atom. The largest absolute Gasteiger partial charge is 0.491 e. The number of hydroxylamine groups is 4. The molecule has 0 saturated carbocycles. The van der Waals surface area contributed by atoms with Gasteiger partial charge >= 0.3 is 0 Å². The van der Waals surface area contributed by atoms with E-state index in [4.69, 9.17) is 57.4 Å². The highest BCUT2D eigenvalue weighted by molar-refractivity contribution is 5.29. The van der Waals surface area contributed by atoms with E-state index < -0.39 is 11.6 Å². The number of rotatable bonds is 22. The molecule has 2 aromatic carbocycles. The van der Waals surface area contributed by atoms with E-state index in [-0.39, 0.29) is 65.4 Å². The maximum atomic E-state index is 8.95. The number of aliphatic hydroxyl groups excluding tert-OH is 1. The lowest BCUT2D eigenvalue weighted by atomic mass is 9.73. The van der Waals surface area contributed by atoms with Gasteiger partial charge < -0.3 is 47.7 Å². The topological polar surface area (TPSA) is 135 Å². The fraction of sp³-hybridized carbons (Fsp3) is 0.778. The molecule has 384 valence electrons. The summed E-state index contributed by atoms with van der Waals surface area (Å²) in [6, 6.07) is 16.4. The van der Waals surface area contributed by atoms with Crippen molar-refractivity contribution in [2.24, 2.45) is 0 Å². The maximum Gasteiger partial charge on any atom is 0.172 e. The van der Waals surface area contributed by atoms with Crippen molar-refractivity contribution in [2.45, 2.75) is 211 Å². The van der Waals surface area contributed by atoms with Crippen LogP contribution in [0.3, 0.4) is 0 Å². The van der Waals surface area contributed by atoms with Crippen molar-refractivity contribution < 1.29 is 57.4 Å². The molecule has 2 spiro atoms. The molecule has 0 aliphatic carbocycles. The molecule has 8 rings (SSSR count). The van der Waals surface area contributed by atoms with E-state index in [2.05, 4.69) is 111 Å². The van der Waals surface area contributed by atoms with Crippen LogP contribution in [0, 0.1) is 0 Å². The van der Waals surface area contributed by atoms with Crippen LogP contribution in [0.5, 0.6) is 11.5 Å². The predicted octanol–water partition coefficient (Wildman–Crippen LogP) is 9.81. The Kier molecular flexibility index (Phi) is 17.7. The number of hydrogen-bond donors (Lipinski definition) is 1. The number of piperidine rings is 2. The third-order valence-electron chi connectivity index (χ3n) is 15.0. The third kappa shape index (κ3) is 13.0. The highest BCUT2D eigenvalue weighted by Crippen LogP contribution is 2.53. The molecule has 0 aromatic heterocycles. The molecule has 0 amide bonds. The van der Waals surface area contributed by atoms with Crippen LogP contribution in [0.2, 0.25) is 0 Å². The van der Waals surface area contributed by atoms with Crippen LogP contribution >= 0.6 is 0 Å². The third-order valence-corrected chi connectivity index (χ3v) is 15.0. The second-order valence-electron chi connectivity index (χ2n) is 21.6. The van der Waals surface area contributed by atoms with Gasteiger partial charge in [-0.25, -0.2) is 0 Å². The first-order valence-corrected chi connectivity index (χ1v) is 25.9. The standard InChI is InChI=1S/C29H47NO7.C25H39NO5/c1-6-28(7-2)21-29(35-19-26(36-29)16-32-15-9-8-14-31)20-27(4,5)30(28)37-22(3)23-10-12-24(13-11-23)33-17-25-18-34-25;1-7-24(8-2)17-25(29-13-18(3)30-25)16-23(5,6)26(24)31-19(4)20-9-11-21(12-10-20)27-14-22-15-28-22/h10-13,22,25-26,31H,6-9,14-21H2,1-5H3;9-12,18-19,22H,7-8,13-17H2,1-6H3. The molecule has 1 N–H and O–H groups in total. The fourth-order valence-electron chi connectivity index (χ4n) is 11.2. The van der Waals surface area contributed by atoms with E-state index in [1.807, 2.05) is 24.3 Å². The zero-order chi connectivity index (χ0) is 48.8. The number of aliphatic hydroxyl groups is 1. The Balaban J connectivity index is 0.000000204. The van der Waals surface area contributed by atoms with Gasteiger partial charge in [0.1, 0.15) is 55.2 Å². The minimum Gasteiger partial charge on any atom is -0.491 e. The Morgan fingerprint density at radius 1 is 0.588 bits per heavy atom. The Hall–Kier alpha value is -2.44. The van der Waals surface area contributed by atoms with Crippen molar-refractivity contribution in [3.05, 3.63) is 59.7 Å². The summed E-state index contributed by atoms with van der Waals surface area (Å²) in [5.41, 5.74) is 1.35. The van der Waals surface area contributed by atoms with Crippen molar-refractivity contribution in [1.29, 1.82) is 0 Å². The summed E-state index contributed by atoms with van der Waals surface area (Å²) < 4.78 is 53.4. The van der Waals surface area contributed by atoms with E-state index in [9.17, 15) is 0 Å². The molecule has 14 nitrogen and oxygen atoms in total. The molecule has 6 saturated heterocycles. The molecule has 2 aromatic rings. The zero-order valence-corrected chi connectivity index (χ0v) is 43.4. The summed E-state index contributed by atoms with van der Waals surface area (Å²) in [5.74, 6) is 0.572. The summed E-state index contributed by atoms with van der Waals surface area (Å²) in [4.78, 5) is 13.5. The molecule has 14 heteroatoms. The van der Waals surface area contributed by atoms with Crippen LogP contribution < -0.4 is 9.47 Å². The number of nitrogens with zero attached hydrogens (tertiary/aromatic N) is 2. The molecule has 8 atom stereocenters. The predicted molar refractivity (Wildman–Crippen MR) is 259 cm³/mol. The number of epoxide rings is 2. The van der Waals surface area contributed by atoms with Crippen molar-refractivity contribution in [2.75, 3.05) is 59.5 Å². The SMILES string of the molecule is CCC1(CC)CC2(CC(C)(C)N1OC(C)c1ccc(OCC3CO3)cc1)OCC(C)O2.CCC1(CC)CC2(CC(C)(C)N1OC(C)c1ccc(OCC3CO3)cc1)OCC(COCCCCO)O2. The summed E-state index contributed by atoms with van der Waals surface area (Å²) in [6.45, 7) is 29.6. The summed E-state index contributed by atoms with van der Waals surface area (Å²) in [7, 11) is 0. The van der Waals surface area contributed by atoms with Gasteiger partial charge in [-0.05, 0) is 122 Å². The van der Waals surface area contributed by atoms with Crippen LogP contribution in [0.25, 0.3) is 0 Å². The smallest absolute Gasteiger partial charge is 0.172 e. The number of benzene rings is 2. The van der Waals surface area contributed by atoms with Gasteiger partial charge in [0.2, 0.25) is 0 Å². The average molecular weight is 955 g/mol. The van der Waals surface area contributed by atoms with Gasteiger partial charge in [-0.3, -0.25) is 9.68 Å². The second kappa shape index (κ2) is 22.5. The Morgan fingerprint density at radius 2 is 1.03 bits per heavy atom. The van der Waals surface area contributed by atoms with Gasteiger partial charge in [0.25, 0.3) is 0 Å². The molecular formula is C54H86N2O12. The molecule has 0 radical (unpaired) electrons. The molecule has 8 unspecified atom stereocenters. The lowest BCUT2D eigenvalue weighted by Crippen LogP contribution is -2.67. The molecule has 0 bridgehead atoms. The summed E-state index contributed by atoms with van der Waals surface area (Å²) in [5, 5.41) is 13.5. The monoisotopic (exact) mass is 955 g/mol. The number of hydrogen-bond acceptors (Lipinski definition) is 14. The van der Waals surface area contributed by atoms with Gasteiger partial charge in [0.05, 0.1) is 50.2 Å². The van der Waals surface area contributed by atoms with Crippen molar-refractivity contribution in [3.8, 4) is 11.5 Å². The molecule has 6 fully saturated rings. The lowest BCUT2D eigenvalue weighted by Gasteiger charge is -2.59. The number of ether oxygens (including phenoxy) is 9. The van der Waals surface area contributed by atoms with Crippen LogP contribution in [-0.2, 0) is 42.8 Å². The van der Waals surface area contributed by atoms with Gasteiger partial charge in [0.15, 0.2) is 11.6 Å². The molecule has 6 aliphatic rings. The first-order chi connectivity index (χ1) is 32.5. The lowest BCUT2D eigenvalue weighted by molar-refractivity contribution is -0.360. The van der Waals surface area contributed by atoms with E-state index in [0.717, 1.165) is 93.6 Å². The van der Waals surface area contributed by atoms with Gasteiger partial charge in [-0.15, -0.1) is 0 Å². The van der Waals surface area contributed by atoms with E-state index in [0.29, 0.717) is 46.1 Å². The number of unbranched alkanes of at least 4 members (excludes halogenated alkanes) is 1. The normalized spacial score (nSPS) is 31.0. The van der Waals surface area contributed by atoms with Gasteiger partial charge in [-0.2, -0.15) is 10.1 Å². The zero-order valence-electron chi connectivity index (χ0n) is 43.4. The van der Waals surface area contributed by atoms with E-state index in [1.54, 1.807) is 0 Å². The van der Waals surface area contributed by atoms with Crippen molar-refractivity contribution in [3.63, 3.8) is 0 Å². The quantitative estimate of drug-likeness (QED) is 0.0886. The average Bonchev–Trinajstić information content (AvgIpc) is 4.27. The second-order valence-corrected chi connectivity index (χ2v) is 21.6. The van der Waals surface area contributed by atoms with Crippen LogP contribution in [0.15, 0.2) is 48.5 Å². The molecular weight excluding hydrogens is 869 g/mol.